The summed E-state index contributed by atoms with van der Waals surface area (Å²) in [7, 11) is 0. The number of hydrogen-bond acceptors (Lipinski definition) is 1. The minimum atomic E-state index is -3.84. The molecule has 4 aromatic carbocycles. The molecule has 0 spiro atoms. The van der Waals surface area contributed by atoms with Crippen molar-refractivity contribution in [1.82, 2.24) is 0 Å². The Morgan fingerprint density at radius 1 is 0.700 bits per heavy atom. The minimum Gasteiger partial charge on any atom is -0.432 e. The van der Waals surface area contributed by atoms with Crippen LogP contribution in [0.25, 0.3) is 21.5 Å². The van der Waals surface area contributed by atoms with E-state index in [-0.39, 0.29) is 42.2 Å². The molecular formula is C30H23F9O. The Bertz CT molecular complexity index is 1610. The molecule has 1 fully saturated rings. The van der Waals surface area contributed by atoms with E-state index < -0.39 is 80.6 Å². The fourth-order valence-electron chi connectivity index (χ4n) is 5.61. The molecule has 212 valence electrons. The molecule has 40 heavy (non-hydrogen) atoms. The number of benzene rings is 4. The summed E-state index contributed by atoms with van der Waals surface area (Å²) in [6.45, 7) is 1.83. The molecule has 0 saturated heterocycles. The summed E-state index contributed by atoms with van der Waals surface area (Å²) in [6.07, 6.45) is -3.09. The maximum absolute atomic E-state index is 15.1. The highest BCUT2D eigenvalue weighted by molar-refractivity contribution is 5.86. The van der Waals surface area contributed by atoms with Crippen molar-refractivity contribution in [3.05, 3.63) is 88.2 Å². The van der Waals surface area contributed by atoms with E-state index >= 15 is 13.2 Å². The van der Waals surface area contributed by atoms with Gasteiger partial charge in [0.2, 0.25) is 0 Å². The molecule has 0 aliphatic heterocycles. The maximum Gasteiger partial charge on any atom is 0.400 e. The fourth-order valence-corrected chi connectivity index (χ4v) is 5.61. The third kappa shape index (κ3) is 4.86. The van der Waals surface area contributed by atoms with Crippen LogP contribution in [0.2, 0.25) is 0 Å². The second kappa shape index (κ2) is 10.5. The number of ether oxygens (including phenoxy) is 1. The molecule has 0 bridgehead atoms. The molecule has 4 aromatic rings. The van der Waals surface area contributed by atoms with Crippen molar-refractivity contribution in [1.29, 1.82) is 0 Å². The van der Waals surface area contributed by atoms with E-state index in [0.29, 0.717) is 25.0 Å². The van der Waals surface area contributed by atoms with Crippen LogP contribution < -0.4 is 4.74 Å². The van der Waals surface area contributed by atoms with Crippen molar-refractivity contribution >= 4 is 21.5 Å². The van der Waals surface area contributed by atoms with E-state index in [0.717, 1.165) is 6.07 Å². The van der Waals surface area contributed by atoms with Crippen LogP contribution in [0.1, 0.15) is 56.1 Å². The molecule has 0 aromatic heterocycles. The van der Waals surface area contributed by atoms with Gasteiger partial charge in [0.1, 0.15) is 17.4 Å². The van der Waals surface area contributed by atoms with Gasteiger partial charge in [-0.15, -0.1) is 0 Å². The Labute approximate surface area is 223 Å². The van der Waals surface area contributed by atoms with E-state index in [4.69, 9.17) is 4.74 Å². The van der Waals surface area contributed by atoms with Gasteiger partial charge in [0.05, 0.1) is 16.7 Å². The van der Waals surface area contributed by atoms with E-state index in [1.165, 1.54) is 18.2 Å². The van der Waals surface area contributed by atoms with E-state index in [1.54, 1.807) is 0 Å². The lowest BCUT2D eigenvalue weighted by Crippen LogP contribution is -2.37. The van der Waals surface area contributed by atoms with Crippen LogP contribution in [0.5, 0.6) is 5.75 Å². The Hall–Kier alpha value is -3.43. The minimum absolute atomic E-state index is 0.0248. The number of aryl methyl sites for hydroxylation is 1. The largest absolute Gasteiger partial charge is 0.432 e. The molecular weight excluding hydrogens is 547 g/mol. The SMILES string of the molecule is CCCc1ccc2cc(C3CCC(C(F)(F)Oc4cc(F)c5c(F)c(F)c(F)cc5c4)CC3)c(F)c(F)c2c1F. The van der Waals surface area contributed by atoms with Crippen molar-refractivity contribution in [3.63, 3.8) is 0 Å². The first-order valence-electron chi connectivity index (χ1n) is 12.9. The summed E-state index contributed by atoms with van der Waals surface area (Å²) in [6, 6.07) is 6.10. The molecule has 1 nitrogen and oxygen atoms in total. The van der Waals surface area contributed by atoms with Gasteiger partial charge in [0, 0.05) is 6.07 Å². The standard InChI is InChI=1S/C30H23F9O/c1-2-3-15-4-5-16-11-20(26(34)29(37)24(16)25(15)33)14-6-8-18(9-7-14)30(38,39)40-19-10-17-12-22(32)27(35)28(36)23(17)21(31)13-19/h4-5,10-14,18H,2-3,6-9H2,1H3. The molecule has 0 heterocycles. The molecule has 10 heteroatoms. The van der Waals surface area contributed by atoms with Crippen molar-refractivity contribution in [2.45, 2.75) is 57.5 Å². The molecule has 0 radical (unpaired) electrons. The lowest BCUT2D eigenvalue weighted by Gasteiger charge is -2.33. The van der Waals surface area contributed by atoms with Gasteiger partial charge in [-0.3, -0.25) is 0 Å². The van der Waals surface area contributed by atoms with E-state index in [2.05, 4.69) is 0 Å². The average Bonchev–Trinajstić information content (AvgIpc) is 2.90. The Kier molecular flexibility index (Phi) is 7.39. The predicted octanol–water partition coefficient (Wildman–Crippen LogP) is 9.86. The number of fused-ring (bicyclic) bond motifs is 2. The van der Waals surface area contributed by atoms with Crippen LogP contribution in [0, 0.1) is 46.6 Å². The fraction of sp³-hybridized carbons (Fsp3) is 0.333. The van der Waals surface area contributed by atoms with Crippen molar-refractivity contribution < 1.29 is 44.3 Å². The Morgan fingerprint density at radius 3 is 2.05 bits per heavy atom. The first-order valence-corrected chi connectivity index (χ1v) is 12.9. The molecule has 0 N–H and O–H groups in total. The second-order valence-electron chi connectivity index (χ2n) is 10.2. The summed E-state index contributed by atoms with van der Waals surface area (Å²) in [5.41, 5.74) is 0.251. The normalized spacial score (nSPS) is 18.1. The van der Waals surface area contributed by atoms with Crippen molar-refractivity contribution in [3.8, 4) is 5.75 Å². The van der Waals surface area contributed by atoms with Crippen LogP contribution in [0.15, 0.2) is 36.4 Å². The summed E-state index contributed by atoms with van der Waals surface area (Å²) >= 11 is 0. The summed E-state index contributed by atoms with van der Waals surface area (Å²) in [5.74, 6) is -12.8. The third-order valence-electron chi connectivity index (χ3n) is 7.64. The van der Waals surface area contributed by atoms with Crippen LogP contribution in [-0.2, 0) is 6.42 Å². The molecule has 1 aliphatic rings. The number of alkyl halides is 2. The van der Waals surface area contributed by atoms with Gasteiger partial charge in [0.15, 0.2) is 29.1 Å². The van der Waals surface area contributed by atoms with Gasteiger partial charge in [0.25, 0.3) is 0 Å². The van der Waals surface area contributed by atoms with Gasteiger partial charge in [-0.1, -0.05) is 25.5 Å². The predicted molar refractivity (Wildman–Crippen MR) is 132 cm³/mol. The lowest BCUT2D eigenvalue weighted by molar-refractivity contribution is -0.222. The van der Waals surface area contributed by atoms with Crippen LogP contribution >= 0.6 is 0 Å². The number of halogens is 9. The van der Waals surface area contributed by atoms with Gasteiger partial charge < -0.3 is 4.74 Å². The highest BCUT2D eigenvalue weighted by Crippen LogP contribution is 2.45. The highest BCUT2D eigenvalue weighted by Gasteiger charge is 2.44. The highest BCUT2D eigenvalue weighted by atomic mass is 19.3. The average molecular weight is 570 g/mol. The first kappa shape index (κ1) is 28.1. The van der Waals surface area contributed by atoms with Gasteiger partial charge in [-0.05, 0) is 78.1 Å². The molecule has 0 amide bonds. The molecule has 0 atom stereocenters. The number of hydrogen-bond donors (Lipinski definition) is 0. The molecule has 1 aliphatic carbocycles. The molecule has 0 unspecified atom stereocenters. The lowest BCUT2D eigenvalue weighted by atomic mass is 9.77. The Morgan fingerprint density at radius 2 is 1.38 bits per heavy atom. The topological polar surface area (TPSA) is 9.23 Å². The maximum atomic E-state index is 15.1. The van der Waals surface area contributed by atoms with Gasteiger partial charge in [-0.2, -0.15) is 8.78 Å². The van der Waals surface area contributed by atoms with Gasteiger partial charge >= 0.3 is 6.11 Å². The van der Waals surface area contributed by atoms with E-state index in [1.807, 2.05) is 6.92 Å². The summed E-state index contributed by atoms with van der Waals surface area (Å²) < 4.78 is 135. The van der Waals surface area contributed by atoms with Crippen LogP contribution in [0.3, 0.4) is 0 Å². The second-order valence-corrected chi connectivity index (χ2v) is 10.2. The Balaban J connectivity index is 1.35. The first-order chi connectivity index (χ1) is 18.9. The van der Waals surface area contributed by atoms with Crippen molar-refractivity contribution in [2.75, 3.05) is 0 Å². The molecule has 5 rings (SSSR count). The van der Waals surface area contributed by atoms with E-state index in [9.17, 15) is 26.3 Å². The summed E-state index contributed by atoms with van der Waals surface area (Å²) in [4.78, 5) is 0. The smallest absolute Gasteiger partial charge is 0.400 e. The quantitative estimate of drug-likeness (QED) is 0.166. The zero-order chi connectivity index (χ0) is 28.9. The summed E-state index contributed by atoms with van der Waals surface area (Å²) in [5, 5.41) is -1.67. The van der Waals surface area contributed by atoms with Crippen LogP contribution in [-0.4, -0.2) is 6.11 Å². The monoisotopic (exact) mass is 570 g/mol. The van der Waals surface area contributed by atoms with Crippen molar-refractivity contribution in [2.24, 2.45) is 5.92 Å². The van der Waals surface area contributed by atoms with Crippen LogP contribution in [0.4, 0.5) is 39.5 Å². The zero-order valence-corrected chi connectivity index (χ0v) is 21.2. The zero-order valence-electron chi connectivity index (χ0n) is 21.2. The number of rotatable bonds is 6. The third-order valence-corrected chi connectivity index (χ3v) is 7.64. The van der Waals surface area contributed by atoms with Gasteiger partial charge in [-0.25, -0.2) is 30.7 Å². The molecule has 1 saturated carbocycles.